The Hall–Kier alpha value is -2.63. The molecule has 0 unspecified atom stereocenters. The second-order valence-corrected chi connectivity index (χ2v) is 3.39. The molecule has 2 rings (SSSR count). The molecule has 0 radical (unpaired) electrons. The third kappa shape index (κ3) is 2.54. The summed E-state index contributed by atoms with van der Waals surface area (Å²) in [4.78, 5) is 26.6. The van der Waals surface area contributed by atoms with Gasteiger partial charge in [0.15, 0.2) is 6.39 Å². The molecule has 0 aliphatic heterocycles. The van der Waals surface area contributed by atoms with E-state index in [9.17, 15) is 9.59 Å². The summed E-state index contributed by atoms with van der Waals surface area (Å²) >= 11 is 0. The number of hydrogen-bond donors (Lipinski definition) is 1. The number of nitrogens with zero attached hydrogens (tertiary/aromatic N) is 1. The number of oxazole rings is 1. The van der Waals surface area contributed by atoms with Gasteiger partial charge in [0, 0.05) is 5.69 Å². The molecule has 0 spiro atoms. The summed E-state index contributed by atoms with van der Waals surface area (Å²) < 4.78 is 9.44. The highest BCUT2D eigenvalue weighted by Gasteiger charge is 2.11. The molecule has 0 saturated carbocycles. The first kappa shape index (κ1) is 11.8. The standard InChI is InChI=1S/C12H10N2O4/c1-17-12(16)8-3-2-4-9(5-8)14-11(15)10-6-13-7-18-10/h2-7H,1H3,(H,14,15). The van der Waals surface area contributed by atoms with Gasteiger partial charge in [0.2, 0.25) is 5.76 Å². The third-order valence-electron chi connectivity index (χ3n) is 2.20. The van der Waals surface area contributed by atoms with Crippen molar-refractivity contribution in [2.45, 2.75) is 0 Å². The molecular weight excluding hydrogens is 236 g/mol. The van der Waals surface area contributed by atoms with Gasteiger partial charge in [-0.05, 0) is 18.2 Å². The van der Waals surface area contributed by atoms with E-state index in [-0.39, 0.29) is 5.76 Å². The van der Waals surface area contributed by atoms with Crippen molar-refractivity contribution in [2.24, 2.45) is 0 Å². The summed E-state index contributed by atoms with van der Waals surface area (Å²) in [7, 11) is 1.29. The van der Waals surface area contributed by atoms with Crippen LogP contribution in [0.5, 0.6) is 0 Å². The number of ether oxygens (including phenoxy) is 1. The summed E-state index contributed by atoms with van der Waals surface area (Å²) in [6.07, 6.45) is 2.47. The average molecular weight is 246 g/mol. The predicted molar refractivity (Wildman–Crippen MR) is 62.2 cm³/mol. The van der Waals surface area contributed by atoms with Gasteiger partial charge in [0.05, 0.1) is 18.9 Å². The van der Waals surface area contributed by atoms with Crippen LogP contribution < -0.4 is 5.32 Å². The second-order valence-electron chi connectivity index (χ2n) is 3.39. The fourth-order valence-electron chi connectivity index (χ4n) is 1.36. The maximum absolute atomic E-state index is 11.7. The molecule has 1 heterocycles. The van der Waals surface area contributed by atoms with Crippen LogP contribution in [0.25, 0.3) is 0 Å². The molecule has 92 valence electrons. The molecular formula is C12H10N2O4. The number of carbonyl (C=O) groups is 2. The third-order valence-corrected chi connectivity index (χ3v) is 2.20. The van der Waals surface area contributed by atoms with Crippen LogP contribution in [0.2, 0.25) is 0 Å². The van der Waals surface area contributed by atoms with Crippen LogP contribution in [0, 0.1) is 0 Å². The fourth-order valence-corrected chi connectivity index (χ4v) is 1.36. The lowest BCUT2D eigenvalue weighted by atomic mass is 10.2. The zero-order valence-corrected chi connectivity index (χ0v) is 9.54. The Labute approximate surface area is 103 Å². The molecule has 0 fully saturated rings. The highest BCUT2D eigenvalue weighted by atomic mass is 16.5. The minimum absolute atomic E-state index is 0.0958. The minimum Gasteiger partial charge on any atom is -0.465 e. The summed E-state index contributed by atoms with van der Waals surface area (Å²) in [5.74, 6) is -0.807. The highest BCUT2D eigenvalue weighted by Crippen LogP contribution is 2.12. The smallest absolute Gasteiger partial charge is 0.337 e. The lowest BCUT2D eigenvalue weighted by molar-refractivity contribution is 0.0600. The van der Waals surface area contributed by atoms with Gasteiger partial charge in [0.25, 0.3) is 5.91 Å². The van der Waals surface area contributed by atoms with E-state index < -0.39 is 11.9 Å². The van der Waals surface area contributed by atoms with E-state index >= 15 is 0 Å². The van der Waals surface area contributed by atoms with Gasteiger partial charge in [-0.3, -0.25) is 4.79 Å². The highest BCUT2D eigenvalue weighted by molar-refractivity contribution is 6.02. The molecule has 1 N–H and O–H groups in total. The maximum Gasteiger partial charge on any atom is 0.337 e. The van der Waals surface area contributed by atoms with E-state index in [2.05, 4.69) is 15.0 Å². The van der Waals surface area contributed by atoms with Gasteiger partial charge in [-0.25, -0.2) is 9.78 Å². The molecule has 2 aromatic rings. The summed E-state index contributed by atoms with van der Waals surface area (Å²) in [6.45, 7) is 0. The quantitative estimate of drug-likeness (QED) is 0.834. The van der Waals surface area contributed by atoms with Crippen molar-refractivity contribution in [3.8, 4) is 0 Å². The number of nitrogens with one attached hydrogen (secondary N) is 1. The number of amides is 1. The lowest BCUT2D eigenvalue weighted by Crippen LogP contribution is -2.11. The monoisotopic (exact) mass is 246 g/mol. The molecule has 18 heavy (non-hydrogen) atoms. The SMILES string of the molecule is COC(=O)c1cccc(NC(=O)c2cnco2)c1. The molecule has 0 atom stereocenters. The van der Waals surface area contributed by atoms with Crippen LogP contribution in [0.3, 0.4) is 0 Å². The number of hydrogen-bond acceptors (Lipinski definition) is 5. The van der Waals surface area contributed by atoms with Gasteiger partial charge in [-0.1, -0.05) is 6.07 Å². The molecule has 6 heteroatoms. The Balaban J connectivity index is 2.15. The Bertz CT molecular complexity index is 563. The first-order chi connectivity index (χ1) is 8.70. The number of aromatic nitrogens is 1. The number of methoxy groups -OCH3 is 1. The Morgan fingerprint density at radius 3 is 2.89 bits per heavy atom. The molecule has 0 saturated heterocycles. The van der Waals surface area contributed by atoms with Crippen LogP contribution in [0.1, 0.15) is 20.9 Å². The molecule has 1 aromatic carbocycles. The molecule has 1 amide bonds. The Morgan fingerprint density at radius 1 is 1.39 bits per heavy atom. The fraction of sp³-hybridized carbons (Fsp3) is 0.0833. The zero-order valence-electron chi connectivity index (χ0n) is 9.54. The van der Waals surface area contributed by atoms with Crippen molar-refractivity contribution in [3.05, 3.63) is 48.2 Å². The van der Waals surface area contributed by atoms with Crippen molar-refractivity contribution in [1.82, 2.24) is 4.98 Å². The molecule has 0 bridgehead atoms. The Kier molecular flexibility index (Phi) is 3.38. The topological polar surface area (TPSA) is 81.4 Å². The van der Waals surface area contributed by atoms with E-state index in [0.717, 1.165) is 0 Å². The van der Waals surface area contributed by atoms with Crippen molar-refractivity contribution in [3.63, 3.8) is 0 Å². The number of esters is 1. The van der Waals surface area contributed by atoms with Gasteiger partial charge in [0.1, 0.15) is 0 Å². The van der Waals surface area contributed by atoms with E-state index in [1.165, 1.54) is 25.8 Å². The number of benzene rings is 1. The number of carbonyl (C=O) groups excluding carboxylic acids is 2. The normalized spacial score (nSPS) is 9.83. The van der Waals surface area contributed by atoms with Crippen molar-refractivity contribution < 1.29 is 18.7 Å². The van der Waals surface area contributed by atoms with Crippen molar-refractivity contribution in [1.29, 1.82) is 0 Å². The van der Waals surface area contributed by atoms with E-state index in [1.807, 2.05) is 0 Å². The second kappa shape index (κ2) is 5.13. The molecule has 0 aliphatic carbocycles. The average Bonchev–Trinajstić information content (AvgIpc) is 2.92. The zero-order chi connectivity index (χ0) is 13.0. The number of rotatable bonds is 3. The van der Waals surface area contributed by atoms with Crippen molar-refractivity contribution >= 4 is 17.6 Å². The lowest BCUT2D eigenvalue weighted by Gasteiger charge is -2.04. The molecule has 6 nitrogen and oxygen atoms in total. The first-order valence-electron chi connectivity index (χ1n) is 5.09. The van der Waals surface area contributed by atoms with Gasteiger partial charge < -0.3 is 14.5 Å². The van der Waals surface area contributed by atoms with Crippen LogP contribution in [-0.4, -0.2) is 24.0 Å². The Morgan fingerprint density at radius 2 is 2.22 bits per heavy atom. The summed E-state index contributed by atoms with van der Waals surface area (Å²) in [5.41, 5.74) is 0.826. The van der Waals surface area contributed by atoms with E-state index in [4.69, 9.17) is 4.42 Å². The van der Waals surface area contributed by atoms with Gasteiger partial charge in [-0.15, -0.1) is 0 Å². The van der Waals surface area contributed by atoms with Crippen LogP contribution in [0.4, 0.5) is 5.69 Å². The molecule has 1 aromatic heterocycles. The van der Waals surface area contributed by atoms with Crippen LogP contribution >= 0.6 is 0 Å². The summed E-state index contributed by atoms with van der Waals surface area (Å²) in [5, 5.41) is 2.58. The van der Waals surface area contributed by atoms with Crippen LogP contribution in [-0.2, 0) is 4.74 Å². The summed E-state index contributed by atoms with van der Waals surface area (Å²) in [6, 6.07) is 6.40. The largest absolute Gasteiger partial charge is 0.465 e. The number of anilines is 1. The van der Waals surface area contributed by atoms with E-state index in [0.29, 0.717) is 11.3 Å². The molecule has 0 aliphatic rings. The van der Waals surface area contributed by atoms with Gasteiger partial charge in [-0.2, -0.15) is 0 Å². The van der Waals surface area contributed by atoms with Gasteiger partial charge >= 0.3 is 5.97 Å². The predicted octanol–water partition coefficient (Wildman–Crippen LogP) is 1.71. The van der Waals surface area contributed by atoms with Crippen LogP contribution in [0.15, 0.2) is 41.3 Å². The minimum atomic E-state index is -0.467. The van der Waals surface area contributed by atoms with E-state index in [1.54, 1.807) is 18.2 Å². The van der Waals surface area contributed by atoms with Crippen molar-refractivity contribution in [2.75, 3.05) is 12.4 Å². The first-order valence-corrected chi connectivity index (χ1v) is 5.09. The maximum atomic E-state index is 11.7.